The molecule has 0 bridgehead atoms. The van der Waals surface area contributed by atoms with Crippen LogP contribution in [-0.4, -0.2) is 0 Å². The Balaban J connectivity index is 2.73. The van der Waals surface area contributed by atoms with E-state index in [1.165, 1.54) is 16.9 Å². The maximum atomic E-state index is 9.09. The van der Waals surface area contributed by atoms with Crippen LogP contribution in [0.4, 0.5) is 5.00 Å². The molecule has 1 aromatic rings. The molecule has 0 saturated heterocycles. The molecule has 0 saturated carbocycles. The number of hydrogen-bond acceptors (Lipinski definition) is 4. The molecular weight excluding hydrogens is 224 g/mol. The quantitative estimate of drug-likeness (QED) is 0.704. The molecule has 0 aromatic carbocycles. The molecule has 2 rings (SSSR count). The monoisotopic (exact) mass is 236 g/mol. The van der Waals surface area contributed by atoms with Gasteiger partial charge in [0.25, 0.3) is 0 Å². The Morgan fingerprint density at radius 2 is 2.00 bits per heavy atom. The number of hydrogen-bond donors (Lipinski definition) is 1. The van der Waals surface area contributed by atoms with E-state index in [0.29, 0.717) is 10.6 Å². The third kappa shape index (κ3) is 1.66. The smallest absolute Gasteiger partial charge is 0.105 e. The fourth-order valence-electron chi connectivity index (χ4n) is 2.15. The van der Waals surface area contributed by atoms with Crippen molar-refractivity contribution >= 4 is 28.6 Å². The van der Waals surface area contributed by atoms with Crippen molar-refractivity contribution in [3.05, 3.63) is 20.5 Å². The van der Waals surface area contributed by atoms with Crippen LogP contribution in [0.15, 0.2) is 0 Å². The highest BCUT2D eigenvalue weighted by atomic mass is 32.1. The van der Waals surface area contributed by atoms with Gasteiger partial charge in [0, 0.05) is 0 Å². The van der Waals surface area contributed by atoms with Crippen molar-refractivity contribution in [3.8, 4) is 6.07 Å². The first kappa shape index (κ1) is 10.6. The van der Waals surface area contributed by atoms with E-state index in [1.807, 2.05) is 0 Å². The minimum absolute atomic E-state index is 0.210. The second-order valence-electron chi connectivity index (χ2n) is 4.72. The average Bonchev–Trinajstić information content (AvgIpc) is 2.42. The Morgan fingerprint density at radius 3 is 2.60 bits per heavy atom. The van der Waals surface area contributed by atoms with Gasteiger partial charge in [0.2, 0.25) is 0 Å². The molecule has 0 amide bonds. The van der Waals surface area contributed by atoms with Gasteiger partial charge in [-0.25, -0.2) is 0 Å². The molecule has 1 aromatic heterocycles. The van der Waals surface area contributed by atoms with Crippen molar-refractivity contribution in [2.75, 3.05) is 5.73 Å². The zero-order valence-electron chi connectivity index (χ0n) is 8.76. The summed E-state index contributed by atoms with van der Waals surface area (Å²) in [5.41, 5.74) is 8.94. The maximum absolute atomic E-state index is 9.09. The van der Waals surface area contributed by atoms with Crippen LogP contribution in [0.1, 0.15) is 30.5 Å². The molecule has 1 aliphatic carbocycles. The van der Waals surface area contributed by atoms with Crippen molar-refractivity contribution in [2.24, 2.45) is 5.41 Å². The van der Waals surface area contributed by atoms with Crippen molar-refractivity contribution in [1.29, 1.82) is 5.26 Å². The zero-order chi connectivity index (χ0) is 11.2. The number of anilines is 1. The van der Waals surface area contributed by atoms with Crippen LogP contribution in [0, 0.1) is 20.6 Å². The summed E-state index contributed by atoms with van der Waals surface area (Å²) in [6.45, 7) is 4.40. The maximum Gasteiger partial charge on any atom is 0.105 e. The van der Waals surface area contributed by atoms with Gasteiger partial charge in [0.05, 0.1) is 9.39 Å². The fourth-order valence-corrected chi connectivity index (χ4v) is 3.41. The van der Waals surface area contributed by atoms with E-state index in [1.54, 1.807) is 0 Å². The lowest BCUT2D eigenvalue weighted by Gasteiger charge is -2.14. The van der Waals surface area contributed by atoms with Crippen molar-refractivity contribution in [2.45, 2.75) is 26.7 Å². The number of nitriles is 1. The molecule has 2 N–H and O–H groups in total. The summed E-state index contributed by atoms with van der Waals surface area (Å²) in [5.74, 6) is 0. The number of fused-ring (bicyclic) bond motifs is 1. The van der Waals surface area contributed by atoms with Crippen LogP contribution in [-0.2, 0) is 12.8 Å². The molecule has 1 aliphatic rings. The van der Waals surface area contributed by atoms with E-state index in [4.69, 9.17) is 23.2 Å². The Hall–Kier alpha value is -0.920. The number of nitrogens with zero attached hydrogens (tertiary/aromatic N) is 1. The SMILES string of the molecule is CC1(C)Cc2c(C#N)c(N)sc(=S)c2C1. The summed E-state index contributed by atoms with van der Waals surface area (Å²) in [4.78, 5) is 0. The molecule has 0 radical (unpaired) electrons. The molecule has 0 aliphatic heterocycles. The Morgan fingerprint density at radius 1 is 1.40 bits per heavy atom. The molecule has 2 nitrogen and oxygen atoms in total. The zero-order valence-corrected chi connectivity index (χ0v) is 10.4. The fraction of sp³-hybridized carbons (Fsp3) is 0.455. The van der Waals surface area contributed by atoms with Crippen LogP contribution in [0.25, 0.3) is 0 Å². The van der Waals surface area contributed by atoms with Crippen LogP contribution < -0.4 is 5.73 Å². The van der Waals surface area contributed by atoms with Crippen LogP contribution >= 0.6 is 23.6 Å². The van der Waals surface area contributed by atoms with Gasteiger partial charge in [0.1, 0.15) is 11.1 Å². The first-order valence-corrected chi connectivity index (χ1v) is 6.01. The predicted molar refractivity (Wildman–Crippen MR) is 65.5 cm³/mol. The molecule has 78 valence electrons. The van der Waals surface area contributed by atoms with Gasteiger partial charge >= 0.3 is 0 Å². The second kappa shape index (κ2) is 3.29. The predicted octanol–water partition coefficient (Wildman–Crippen LogP) is 3.06. The lowest BCUT2D eigenvalue weighted by atomic mass is 9.90. The highest BCUT2D eigenvalue weighted by Crippen LogP contribution is 2.41. The molecule has 0 fully saturated rings. The van der Waals surface area contributed by atoms with Gasteiger partial charge in [-0.2, -0.15) is 5.26 Å². The highest BCUT2D eigenvalue weighted by molar-refractivity contribution is 7.73. The normalized spacial score (nSPS) is 17.1. The minimum Gasteiger partial charge on any atom is -0.389 e. The molecule has 0 atom stereocenters. The Labute approximate surface area is 98.4 Å². The van der Waals surface area contributed by atoms with Crippen molar-refractivity contribution in [3.63, 3.8) is 0 Å². The summed E-state index contributed by atoms with van der Waals surface area (Å²) in [6.07, 6.45) is 1.87. The lowest BCUT2D eigenvalue weighted by molar-refractivity contribution is 0.392. The van der Waals surface area contributed by atoms with Crippen LogP contribution in [0.5, 0.6) is 0 Å². The van der Waals surface area contributed by atoms with E-state index >= 15 is 0 Å². The van der Waals surface area contributed by atoms with Crippen LogP contribution in [0.2, 0.25) is 0 Å². The summed E-state index contributed by atoms with van der Waals surface area (Å²) < 4.78 is 0.854. The Bertz CT molecular complexity index is 521. The van der Waals surface area contributed by atoms with E-state index < -0.39 is 0 Å². The lowest BCUT2D eigenvalue weighted by Crippen LogP contribution is -2.09. The topological polar surface area (TPSA) is 49.8 Å². The highest BCUT2D eigenvalue weighted by Gasteiger charge is 2.32. The van der Waals surface area contributed by atoms with Gasteiger partial charge in [-0.15, -0.1) is 11.3 Å². The molecule has 15 heavy (non-hydrogen) atoms. The van der Waals surface area contributed by atoms with E-state index in [-0.39, 0.29) is 5.41 Å². The molecule has 4 heteroatoms. The summed E-state index contributed by atoms with van der Waals surface area (Å²) in [5, 5.41) is 9.65. The number of nitrogens with two attached hydrogens (primary N) is 1. The van der Waals surface area contributed by atoms with E-state index in [0.717, 1.165) is 22.2 Å². The molecule has 1 heterocycles. The van der Waals surface area contributed by atoms with Gasteiger partial charge in [0.15, 0.2) is 0 Å². The van der Waals surface area contributed by atoms with Crippen molar-refractivity contribution in [1.82, 2.24) is 0 Å². The van der Waals surface area contributed by atoms with Crippen LogP contribution in [0.3, 0.4) is 0 Å². The standard InChI is InChI=1S/C11H12N2S2/c1-11(2)3-6-7(4-11)10(14)15-9(13)8(6)5-12/h3-4,13H2,1-2H3. The number of rotatable bonds is 0. The van der Waals surface area contributed by atoms with Crippen molar-refractivity contribution < 1.29 is 0 Å². The average molecular weight is 236 g/mol. The van der Waals surface area contributed by atoms with Gasteiger partial charge in [-0.05, 0) is 29.4 Å². The first-order chi connectivity index (χ1) is 6.94. The van der Waals surface area contributed by atoms with Gasteiger partial charge in [-0.1, -0.05) is 26.1 Å². The minimum atomic E-state index is 0.210. The Kier molecular flexibility index (Phi) is 2.32. The molecular formula is C11H12N2S2. The first-order valence-electron chi connectivity index (χ1n) is 4.79. The van der Waals surface area contributed by atoms with Gasteiger partial charge < -0.3 is 5.73 Å². The second-order valence-corrected chi connectivity index (χ2v) is 6.43. The molecule has 0 unspecified atom stereocenters. The summed E-state index contributed by atoms with van der Waals surface area (Å²) >= 11 is 6.66. The summed E-state index contributed by atoms with van der Waals surface area (Å²) in [7, 11) is 0. The largest absolute Gasteiger partial charge is 0.389 e. The number of nitrogen functional groups attached to an aromatic ring is 1. The van der Waals surface area contributed by atoms with E-state index in [2.05, 4.69) is 19.9 Å². The van der Waals surface area contributed by atoms with Gasteiger partial charge in [-0.3, -0.25) is 0 Å². The molecule has 0 spiro atoms. The van der Waals surface area contributed by atoms with E-state index in [9.17, 15) is 0 Å². The third-order valence-corrected chi connectivity index (χ3v) is 4.14. The summed E-state index contributed by atoms with van der Waals surface area (Å²) in [6, 6.07) is 2.20. The third-order valence-electron chi connectivity index (χ3n) is 2.78.